The topological polar surface area (TPSA) is 96.4 Å². The van der Waals surface area contributed by atoms with Gasteiger partial charge in [-0.05, 0) is 37.6 Å². The second-order valence-corrected chi connectivity index (χ2v) is 5.42. The van der Waals surface area contributed by atoms with Crippen molar-refractivity contribution in [2.75, 3.05) is 18.1 Å². The van der Waals surface area contributed by atoms with Crippen molar-refractivity contribution in [1.82, 2.24) is 5.16 Å². The third kappa shape index (κ3) is 4.45. The number of rotatable bonds is 7. The van der Waals surface area contributed by atoms with Crippen molar-refractivity contribution in [3.8, 4) is 6.07 Å². The highest BCUT2D eigenvalue weighted by molar-refractivity contribution is 5.97. The van der Waals surface area contributed by atoms with Crippen molar-refractivity contribution in [2.24, 2.45) is 0 Å². The average Bonchev–Trinajstić information content (AvgIpc) is 3.02. The lowest BCUT2D eigenvalue weighted by Gasteiger charge is -2.21. The first-order valence-electron chi connectivity index (χ1n) is 8.03. The number of aromatic nitrogens is 1. The van der Waals surface area contributed by atoms with Crippen LogP contribution in [-0.4, -0.2) is 30.2 Å². The van der Waals surface area contributed by atoms with E-state index in [1.54, 1.807) is 6.92 Å². The van der Waals surface area contributed by atoms with Gasteiger partial charge in [-0.25, -0.2) is 9.18 Å². The monoisotopic (exact) mass is 359 g/mol. The van der Waals surface area contributed by atoms with E-state index in [1.807, 2.05) is 13.0 Å². The molecule has 26 heavy (non-hydrogen) atoms. The molecule has 136 valence electrons. The average molecular weight is 359 g/mol. The van der Waals surface area contributed by atoms with Gasteiger partial charge in [0, 0.05) is 12.2 Å². The molecule has 0 fully saturated rings. The van der Waals surface area contributed by atoms with Gasteiger partial charge in [-0.3, -0.25) is 4.79 Å². The molecule has 1 heterocycles. The fourth-order valence-electron chi connectivity index (χ4n) is 2.38. The quantitative estimate of drug-likeness (QED) is 0.705. The highest BCUT2D eigenvalue weighted by atomic mass is 19.1. The van der Waals surface area contributed by atoms with E-state index >= 15 is 0 Å². The van der Waals surface area contributed by atoms with E-state index in [0.717, 1.165) is 0 Å². The number of aryl methyl sites for hydroxylation is 2. The van der Waals surface area contributed by atoms with Crippen molar-refractivity contribution < 1.29 is 23.2 Å². The largest absolute Gasteiger partial charge is 0.452 e. The first-order chi connectivity index (χ1) is 12.5. The molecule has 1 aromatic heterocycles. The van der Waals surface area contributed by atoms with Crippen molar-refractivity contribution in [1.29, 1.82) is 5.26 Å². The minimum absolute atomic E-state index is 0.0851. The molecule has 0 aliphatic rings. The Kier molecular flexibility index (Phi) is 6.44. The highest BCUT2D eigenvalue weighted by Gasteiger charge is 2.23. The number of halogens is 1. The lowest BCUT2D eigenvalue weighted by atomic mass is 10.1. The molecule has 0 atom stereocenters. The van der Waals surface area contributed by atoms with Crippen LogP contribution in [0.5, 0.6) is 0 Å². The maximum Gasteiger partial charge on any atom is 0.344 e. The predicted molar refractivity (Wildman–Crippen MR) is 89.9 cm³/mol. The third-order valence-electron chi connectivity index (χ3n) is 3.69. The standard InChI is InChI=1S/C18H18FN3O4/c1-3-15-17(12(2)26-21-15)18(24)25-11-16(23)22(10-4-9-20)14-7-5-13(19)6-8-14/h5-8H,3-4,10-11H2,1-2H3. The zero-order chi connectivity index (χ0) is 19.1. The smallest absolute Gasteiger partial charge is 0.344 e. The molecule has 0 aliphatic heterocycles. The number of hydrogen-bond acceptors (Lipinski definition) is 6. The van der Waals surface area contributed by atoms with Gasteiger partial charge in [0.15, 0.2) is 6.61 Å². The normalized spacial score (nSPS) is 10.2. The van der Waals surface area contributed by atoms with E-state index in [9.17, 15) is 14.0 Å². The summed E-state index contributed by atoms with van der Waals surface area (Å²) >= 11 is 0. The molecule has 0 spiro atoms. The van der Waals surface area contributed by atoms with Crippen LogP contribution in [0.3, 0.4) is 0 Å². The molecule has 2 rings (SSSR count). The fourth-order valence-corrected chi connectivity index (χ4v) is 2.38. The van der Waals surface area contributed by atoms with Gasteiger partial charge in [0.1, 0.15) is 17.1 Å². The van der Waals surface area contributed by atoms with Gasteiger partial charge < -0.3 is 14.2 Å². The SMILES string of the molecule is CCc1noc(C)c1C(=O)OCC(=O)N(CCC#N)c1ccc(F)cc1. The molecule has 0 saturated heterocycles. The molecule has 7 nitrogen and oxygen atoms in total. The molecule has 1 amide bonds. The van der Waals surface area contributed by atoms with Gasteiger partial charge in [-0.1, -0.05) is 12.1 Å². The highest BCUT2D eigenvalue weighted by Crippen LogP contribution is 2.17. The Hall–Kier alpha value is -3.21. The van der Waals surface area contributed by atoms with Gasteiger partial charge in [-0.2, -0.15) is 5.26 Å². The molecule has 1 aromatic carbocycles. The Bertz CT molecular complexity index is 824. The molecular weight excluding hydrogens is 341 g/mol. The van der Waals surface area contributed by atoms with Crippen LogP contribution in [0.25, 0.3) is 0 Å². The van der Waals surface area contributed by atoms with Gasteiger partial charge in [0.05, 0.1) is 18.2 Å². The van der Waals surface area contributed by atoms with Crippen molar-refractivity contribution in [2.45, 2.75) is 26.7 Å². The molecule has 0 unspecified atom stereocenters. The lowest BCUT2D eigenvalue weighted by molar-refractivity contribution is -0.121. The number of esters is 1. The second kappa shape index (κ2) is 8.76. The number of carbonyl (C=O) groups is 2. The van der Waals surface area contributed by atoms with E-state index < -0.39 is 24.3 Å². The summed E-state index contributed by atoms with van der Waals surface area (Å²) in [4.78, 5) is 26.0. The number of ether oxygens (including phenoxy) is 1. The van der Waals surface area contributed by atoms with E-state index in [1.165, 1.54) is 29.2 Å². The number of anilines is 1. The maximum atomic E-state index is 13.1. The summed E-state index contributed by atoms with van der Waals surface area (Å²) in [6, 6.07) is 7.21. The van der Waals surface area contributed by atoms with Crippen molar-refractivity contribution >= 4 is 17.6 Å². The van der Waals surface area contributed by atoms with Crippen LogP contribution in [0.1, 0.15) is 35.2 Å². The molecule has 2 aromatic rings. The minimum atomic E-state index is -0.701. The first-order valence-corrected chi connectivity index (χ1v) is 8.03. The Morgan fingerprint density at radius 2 is 2.04 bits per heavy atom. The van der Waals surface area contributed by atoms with Crippen molar-refractivity contribution in [3.05, 3.63) is 47.1 Å². The molecule has 8 heteroatoms. The Labute approximate surface area is 149 Å². The fraction of sp³-hybridized carbons (Fsp3) is 0.333. The van der Waals surface area contributed by atoms with E-state index in [2.05, 4.69) is 5.16 Å². The van der Waals surface area contributed by atoms with Crippen LogP contribution in [-0.2, 0) is 16.0 Å². The second-order valence-electron chi connectivity index (χ2n) is 5.42. The van der Waals surface area contributed by atoms with Gasteiger partial charge in [-0.15, -0.1) is 0 Å². The van der Waals surface area contributed by atoms with Gasteiger partial charge >= 0.3 is 5.97 Å². The molecule has 0 radical (unpaired) electrons. The number of nitriles is 1. The first kappa shape index (κ1) is 19.1. The zero-order valence-electron chi connectivity index (χ0n) is 14.5. The Morgan fingerprint density at radius 1 is 1.35 bits per heavy atom. The lowest BCUT2D eigenvalue weighted by Crippen LogP contribution is -2.35. The predicted octanol–water partition coefficient (Wildman–Crippen LogP) is 2.79. The van der Waals surface area contributed by atoms with Crippen LogP contribution < -0.4 is 4.90 Å². The molecular formula is C18H18FN3O4. The van der Waals surface area contributed by atoms with Crippen LogP contribution in [0.2, 0.25) is 0 Å². The van der Waals surface area contributed by atoms with E-state index in [-0.39, 0.29) is 18.5 Å². The number of carbonyl (C=O) groups excluding carboxylic acids is 2. The summed E-state index contributed by atoms with van der Waals surface area (Å²) in [7, 11) is 0. The summed E-state index contributed by atoms with van der Waals surface area (Å²) in [5, 5.41) is 12.5. The zero-order valence-corrected chi connectivity index (χ0v) is 14.5. The van der Waals surface area contributed by atoms with Gasteiger partial charge in [0.25, 0.3) is 5.91 Å². The Morgan fingerprint density at radius 3 is 2.65 bits per heavy atom. The number of hydrogen-bond donors (Lipinski definition) is 0. The van der Waals surface area contributed by atoms with E-state index in [4.69, 9.17) is 14.5 Å². The molecule has 0 N–H and O–H groups in total. The summed E-state index contributed by atoms with van der Waals surface area (Å²) < 4.78 is 23.2. The summed E-state index contributed by atoms with van der Waals surface area (Å²) in [6.07, 6.45) is 0.571. The molecule has 0 bridgehead atoms. The maximum absolute atomic E-state index is 13.1. The summed E-state index contributed by atoms with van der Waals surface area (Å²) in [5.41, 5.74) is 1.09. The molecule has 0 aliphatic carbocycles. The van der Waals surface area contributed by atoms with Crippen LogP contribution in [0.4, 0.5) is 10.1 Å². The van der Waals surface area contributed by atoms with Crippen LogP contribution >= 0.6 is 0 Å². The molecule has 0 saturated carbocycles. The number of benzene rings is 1. The van der Waals surface area contributed by atoms with Gasteiger partial charge in [0.2, 0.25) is 0 Å². The van der Waals surface area contributed by atoms with Crippen LogP contribution in [0.15, 0.2) is 28.8 Å². The van der Waals surface area contributed by atoms with Crippen LogP contribution in [0, 0.1) is 24.1 Å². The number of amides is 1. The Balaban J connectivity index is 2.09. The third-order valence-corrected chi connectivity index (χ3v) is 3.69. The summed E-state index contributed by atoms with van der Waals surface area (Å²) in [6.45, 7) is 2.99. The summed E-state index contributed by atoms with van der Waals surface area (Å²) in [5.74, 6) is -1.34. The number of nitrogens with zero attached hydrogens (tertiary/aromatic N) is 3. The minimum Gasteiger partial charge on any atom is -0.452 e. The van der Waals surface area contributed by atoms with Crippen molar-refractivity contribution in [3.63, 3.8) is 0 Å². The van der Waals surface area contributed by atoms with E-state index in [0.29, 0.717) is 23.6 Å².